The number of nitrogens with one attached hydrogen (secondary N) is 3. The van der Waals surface area contributed by atoms with Crippen molar-refractivity contribution in [3.63, 3.8) is 0 Å². The molecule has 11 heterocycles. The number of H-pyrrole nitrogens is 1. The lowest BCUT2D eigenvalue weighted by atomic mass is 10.0. The molecule has 2 amide bonds. The van der Waals surface area contributed by atoms with Crippen LogP contribution in [0.1, 0.15) is 78.3 Å². The van der Waals surface area contributed by atoms with Crippen LogP contribution in [0.4, 0.5) is 23.0 Å². The first-order valence-corrected chi connectivity index (χ1v) is 27.6. The lowest BCUT2D eigenvalue weighted by Gasteiger charge is -2.34. The van der Waals surface area contributed by atoms with E-state index < -0.39 is 0 Å². The summed E-state index contributed by atoms with van der Waals surface area (Å²) in [5, 5.41) is 18.3. The Kier molecular flexibility index (Phi) is 14.7. The van der Waals surface area contributed by atoms with E-state index in [4.69, 9.17) is 31.1 Å². The summed E-state index contributed by atoms with van der Waals surface area (Å²) in [5.41, 5.74) is 22.7. The van der Waals surface area contributed by atoms with Crippen molar-refractivity contribution in [3.05, 3.63) is 127 Å². The Bertz CT molecular complexity index is 4180. The van der Waals surface area contributed by atoms with E-state index in [1.807, 2.05) is 101 Å². The second-order valence-corrected chi connectivity index (χ2v) is 21.2. The molecule has 11 aromatic rings. The van der Waals surface area contributed by atoms with Crippen LogP contribution in [0.2, 0.25) is 0 Å². The fourth-order valence-electron chi connectivity index (χ4n) is 11.5. The van der Waals surface area contributed by atoms with Crippen molar-refractivity contribution in [2.75, 3.05) is 62.5 Å². The molecule has 2 aliphatic heterocycles. The van der Waals surface area contributed by atoms with E-state index in [-0.39, 0.29) is 23.9 Å². The smallest absolute Gasteiger partial charge is 0.272 e. The molecule has 2 fully saturated rings. The number of pyridine rings is 2. The topological polar surface area (TPSA) is 287 Å². The lowest BCUT2D eigenvalue weighted by Crippen LogP contribution is -2.39. The van der Waals surface area contributed by atoms with Crippen molar-refractivity contribution in [3.8, 4) is 34.0 Å². The number of methoxy groups -OCH3 is 2. The van der Waals surface area contributed by atoms with Gasteiger partial charge in [0.05, 0.1) is 65.8 Å². The van der Waals surface area contributed by atoms with Gasteiger partial charge < -0.3 is 50.6 Å². The minimum atomic E-state index is -0.266. The molecule has 7 N–H and O–H groups in total. The Morgan fingerprint density at radius 2 is 1.22 bits per heavy atom. The van der Waals surface area contributed by atoms with Crippen molar-refractivity contribution in [2.24, 2.45) is 14.1 Å². The number of benzene rings is 2. The van der Waals surface area contributed by atoms with Crippen molar-refractivity contribution < 1.29 is 19.1 Å². The summed E-state index contributed by atoms with van der Waals surface area (Å²) in [6.07, 6.45) is 13.8. The molecular formula is C59H64N20O4. The van der Waals surface area contributed by atoms with Gasteiger partial charge in [0.15, 0.2) is 11.3 Å². The van der Waals surface area contributed by atoms with Gasteiger partial charge in [0, 0.05) is 93.7 Å². The first-order valence-electron chi connectivity index (χ1n) is 27.6. The van der Waals surface area contributed by atoms with Crippen LogP contribution in [0.3, 0.4) is 0 Å². The number of anilines is 4. The first-order chi connectivity index (χ1) is 40.3. The lowest BCUT2D eigenvalue weighted by molar-refractivity contribution is 0.101. The Hall–Kier alpha value is -9.81. The largest absolute Gasteiger partial charge is 0.495 e. The molecule has 0 aliphatic carbocycles. The third-order valence-corrected chi connectivity index (χ3v) is 16.0. The number of hydrogen-bond donors (Lipinski definition) is 5. The number of carbonyl (C=O) groups is 2. The number of fused-ring (bicyclic) bond motifs is 4. The van der Waals surface area contributed by atoms with E-state index in [0.29, 0.717) is 74.4 Å². The monoisotopic (exact) mass is 1120 g/mol. The van der Waals surface area contributed by atoms with Gasteiger partial charge in [-0.25, -0.2) is 39.3 Å². The molecule has 0 atom stereocenters. The van der Waals surface area contributed by atoms with Crippen molar-refractivity contribution >= 4 is 79.0 Å². The van der Waals surface area contributed by atoms with E-state index in [1.165, 1.54) is 12.7 Å². The molecule has 2 aromatic carbocycles. The molecule has 13 rings (SSSR count). The molecule has 0 spiro atoms. The number of aromatic nitrogens is 14. The van der Waals surface area contributed by atoms with Gasteiger partial charge in [-0.2, -0.15) is 10.2 Å². The maximum Gasteiger partial charge on any atom is 0.272 e. The number of aryl methyl sites for hydroxylation is 2. The Morgan fingerprint density at radius 3 is 1.75 bits per heavy atom. The van der Waals surface area contributed by atoms with E-state index in [9.17, 15) is 9.59 Å². The SMILES string of the molecule is COc1cc(-c2nn(C3CCN(C(C)C)CC3)c3ncnc(N)c23)ccc1NC(=O)c1cc2ncccc2n1C.COc1cc(-c2nn(C3CCN(Cc4cnc[nH]4)CC3)c3ncnc(N)c23)ccc1NC(=O)c1cc2cccnc2n1C. The van der Waals surface area contributed by atoms with Crippen LogP contribution in [-0.2, 0) is 20.6 Å². The number of amides is 2. The number of imidazole rings is 1. The summed E-state index contributed by atoms with van der Waals surface area (Å²) in [6.45, 7) is 9.17. The zero-order chi connectivity index (χ0) is 57.5. The molecule has 83 heavy (non-hydrogen) atoms. The third kappa shape index (κ3) is 10.4. The number of ether oxygens (including phenoxy) is 2. The number of hydrogen-bond acceptors (Lipinski definition) is 17. The van der Waals surface area contributed by atoms with Gasteiger partial charge in [0.25, 0.3) is 11.8 Å². The summed E-state index contributed by atoms with van der Waals surface area (Å²) < 4.78 is 19.0. The molecule has 2 aliphatic rings. The highest BCUT2D eigenvalue weighted by molar-refractivity contribution is 6.08. The molecule has 9 aromatic heterocycles. The van der Waals surface area contributed by atoms with Gasteiger partial charge in [0.1, 0.15) is 64.2 Å². The van der Waals surface area contributed by atoms with Crippen molar-refractivity contribution in [2.45, 2.75) is 64.2 Å². The molecule has 424 valence electrons. The van der Waals surface area contributed by atoms with Crippen LogP contribution in [0.5, 0.6) is 11.5 Å². The van der Waals surface area contributed by atoms with E-state index >= 15 is 0 Å². The number of nitrogens with two attached hydrogens (primary N) is 2. The second kappa shape index (κ2) is 22.6. The van der Waals surface area contributed by atoms with E-state index in [0.717, 1.165) is 108 Å². The van der Waals surface area contributed by atoms with Gasteiger partial charge >= 0.3 is 0 Å². The van der Waals surface area contributed by atoms with Gasteiger partial charge in [0.2, 0.25) is 0 Å². The number of aromatic amines is 1. The van der Waals surface area contributed by atoms with Crippen LogP contribution in [0.15, 0.2) is 110 Å². The molecule has 24 nitrogen and oxygen atoms in total. The number of nitrogen functional groups attached to an aromatic ring is 2. The molecule has 0 bridgehead atoms. The van der Waals surface area contributed by atoms with E-state index in [1.54, 1.807) is 43.6 Å². The van der Waals surface area contributed by atoms with Crippen molar-refractivity contribution in [1.82, 2.24) is 78.4 Å². The van der Waals surface area contributed by atoms with Crippen molar-refractivity contribution in [1.29, 1.82) is 0 Å². The minimum absolute atomic E-state index is 0.166. The zero-order valence-corrected chi connectivity index (χ0v) is 47.0. The average molecular weight is 1120 g/mol. The molecule has 0 unspecified atom stereocenters. The number of rotatable bonds is 13. The fourth-order valence-corrected chi connectivity index (χ4v) is 11.5. The maximum absolute atomic E-state index is 13.3. The number of piperidine rings is 2. The summed E-state index contributed by atoms with van der Waals surface area (Å²) in [7, 11) is 6.81. The molecule has 0 radical (unpaired) electrons. The normalized spacial score (nSPS) is 14.6. The fraction of sp³-hybridized carbons (Fsp3) is 0.305. The first kappa shape index (κ1) is 53.8. The molecule has 2 saturated heterocycles. The minimum Gasteiger partial charge on any atom is -0.495 e. The summed E-state index contributed by atoms with van der Waals surface area (Å²) in [6, 6.07) is 23.2. The summed E-state index contributed by atoms with van der Waals surface area (Å²) >= 11 is 0. The summed E-state index contributed by atoms with van der Waals surface area (Å²) in [5.74, 6) is 1.22. The third-order valence-electron chi connectivity index (χ3n) is 16.0. The van der Waals surface area contributed by atoms with Crippen LogP contribution in [-0.4, -0.2) is 137 Å². The predicted molar refractivity (Wildman–Crippen MR) is 318 cm³/mol. The van der Waals surface area contributed by atoms with E-state index in [2.05, 4.69) is 74.2 Å². The van der Waals surface area contributed by atoms with Crippen LogP contribution in [0.25, 0.3) is 66.6 Å². The Labute approximate surface area is 476 Å². The highest BCUT2D eigenvalue weighted by Gasteiger charge is 2.30. The number of carbonyl (C=O) groups excluding carboxylic acids is 2. The standard InChI is InChI=1S/C30H31N11O2.C29H33N9O2/c1-39-23(12-19-4-3-9-33-28(19)39)30(42)37-22-6-5-18(13-24(22)43-2)26-25-27(31)35-17-36-29(25)41(38-26)21-7-10-40(11-8-21)15-20-14-32-16-34-20;1-17(2)37-12-9-19(10-13-37)38-28-25(27(30)32-16-33-28)26(35-38)18-7-8-20(24(14-18)40-4)34-29(39)23-15-21-22(36(23)3)6-5-11-31-21/h3-6,9,12-14,16-17,21H,7-8,10-11,15H2,1-2H3,(H,32,34)(H,37,42)(H2,31,35,36);5-8,11,14-17,19H,9-10,12-13H2,1-4H3,(H,34,39)(H2,30,32,33). The Balaban J connectivity index is 0.000000164. The van der Waals surface area contributed by atoms with Gasteiger partial charge in [-0.1, -0.05) is 12.1 Å². The molecular weight excluding hydrogens is 1050 g/mol. The van der Waals surface area contributed by atoms with Crippen LogP contribution >= 0.6 is 0 Å². The Morgan fingerprint density at radius 1 is 0.663 bits per heavy atom. The summed E-state index contributed by atoms with van der Waals surface area (Å²) in [4.78, 5) is 65.1. The highest BCUT2D eigenvalue weighted by atomic mass is 16.5. The molecule has 0 saturated carbocycles. The maximum atomic E-state index is 13.3. The van der Waals surface area contributed by atoms with Crippen LogP contribution in [0, 0.1) is 0 Å². The average Bonchev–Trinajstić information content (AvgIpc) is 4.25. The molecule has 24 heteroatoms. The van der Waals surface area contributed by atoms with Gasteiger partial charge in [-0.05, 0) is 100 Å². The second-order valence-electron chi connectivity index (χ2n) is 21.2. The quantitative estimate of drug-likeness (QED) is 0.0729. The zero-order valence-electron chi connectivity index (χ0n) is 47.0. The number of nitrogens with zero attached hydrogens (tertiary/aromatic N) is 15. The number of likely N-dealkylation sites (tertiary alicyclic amines) is 2. The van der Waals surface area contributed by atoms with Gasteiger partial charge in [-0.3, -0.25) is 19.5 Å². The van der Waals surface area contributed by atoms with Crippen LogP contribution < -0.4 is 31.6 Å². The predicted octanol–water partition coefficient (Wildman–Crippen LogP) is 8.05. The highest BCUT2D eigenvalue weighted by Crippen LogP contribution is 2.40. The van der Waals surface area contributed by atoms with Gasteiger partial charge in [-0.15, -0.1) is 0 Å².